The van der Waals surface area contributed by atoms with Gasteiger partial charge in [-0.1, -0.05) is 46.9 Å². The van der Waals surface area contributed by atoms with Gasteiger partial charge >= 0.3 is 0 Å². The summed E-state index contributed by atoms with van der Waals surface area (Å²) < 4.78 is 24.8. The molecule has 0 spiro atoms. The molecule has 0 aromatic heterocycles. The number of hydrogen-bond donors (Lipinski definition) is 0. The lowest BCUT2D eigenvalue weighted by Gasteiger charge is -2.08. The Hall–Kier alpha value is -0.740. The predicted octanol–water partition coefficient (Wildman–Crippen LogP) is 4.48. The van der Waals surface area contributed by atoms with Crippen molar-refractivity contribution in [2.24, 2.45) is 0 Å². The van der Waals surface area contributed by atoms with E-state index in [1.807, 2.05) is 0 Å². The van der Waals surface area contributed by atoms with Crippen LogP contribution in [-0.4, -0.2) is 8.42 Å². The fraction of sp³-hybridized carbons (Fsp3) is 0. The fourth-order valence-corrected chi connectivity index (χ4v) is 4.18. The van der Waals surface area contributed by atoms with E-state index in [0.29, 0.717) is 5.02 Å². The van der Waals surface area contributed by atoms with Crippen LogP contribution in [0.15, 0.2) is 52.3 Å². The van der Waals surface area contributed by atoms with Crippen LogP contribution in [0.2, 0.25) is 15.1 Å². The van der Waals surface area contributed by atoms with Gasteiger partial charge in [-0.05, 0) is 30.3 Å². The van der Waals surface area contributed by atoms with E-state index in [9.17, 15) is 8.42 Å². The highest BCUT2D eigenvalue weighted by molar-refractivity contribution is 7.91. The SMILES string of the molecule is O=S(=O)(c1cccc(Cl)c1)c1c(Cl)cccc1Cl. The maximum absolute atomic E-state index is 12.4. The first-order valence-corrected chi connectivity index (χ1v) is 7.49. The molecule has 2 aromatic rings. The number of rotatable bonds is 2. The summed E-state index contributed by atoms with van der Waals surface area (Å²) in [5.41, 5.74) is 0. The Morgan fingerprint density at radius 2 is 1.39 bits per heavy atom. The van der Waals surface area contributed by atoms with Crippen LogP contribution in [0.25, 0.3) is 0 Å². The first-order chi connectivity index (χ1) is 8.43. The Morgan fingerprint density at radius 3 is 1.94 bits per heavy atom. The second-order valence-corrected chi connectivity index (χ2v) is 6.65. The van der Waals surface area contributed by atoms with Crippen molar-refractivity contribution in [2.45, 2.75) is 9.79 Å². The Balaban J connectivity index is 2.70. The van der Waals surface area contributed by atoms with E-state index < -0.39 is 9.84 Å². The second-order valence-electron chi connectivity index (χ2n) is 3.51. The van der Waals surface area contributed by atoms with Crippen LogP contribution in [0.5, 0.6) is 0 Å². The zero-order chi connectivity index (χ0) is 13.3. The highest BCUT2D eigenvalue weighted by atomic mass is 35.5. The molecule has 94 valence electrons. The van der Waals surface area contributed by atoms with Gasteiger partial charge in [0.15, 0.2) is 0 Å². The van der Waals surface area contributed by atoms with Crippen LogP contribution in [0, 0.1) is 0 Å². The first kappa shape index (κ1) is 13.7. The molecule has 6 heteroatoms. The molecule has 2 aromatic carbocycles. The average Bonchev–Trinajstić information content (AvgIpc) is 2.28. The van der Waals surface area contributed by atoms with Gasteiger partial charge in [-0.2, -0.15) is 0 Å². The van der Waals surface area contributed by atoms with Gasteiger partial charge < -0.3 is 0 Å². The largest absolute Gasteiger partial charge is 0.218 e. The van der Waals surface area contributed by atoms with Gasteiger partial charge in [0.05, 0.1) is 14.9 Å². The van der Waals surface area contributed by atoms with Gasteiger partial charge in [0.2, 0.25) is 9.84 Å². The Bertz CT molecular complexity index is 676. The molecule has 0 atom stereocenters. The average molecular weight is 322 g/mol. The van der Waals surface area contributed by atoms with Crippen LogP contribution < -0.4 is 0 Å². The molecule has 0 aliphatic heterocycles. The lowest BCUT2D eigenvalue weighted by molar-refractivity contribution is 0.596. The summed E-state index contributed by atoms with van der Waals surface area (Å²) in [5, 5.41) is 0.504. The van der Waals surface area contributed by atoms with E-state index in [-0.39, 0.29) is 19.8 Å². The molecular weight excluding hydrogens is 315 g/mol. The fourth-order valence-electron chi connectivity index (χ4n) is 1.49. The van der Waals surface area contributed by atoms with Gasteiger partial charge in [-0.3, -0.25) is 0 Å². The minimum Gasteiger partial charge on any atom is -0.218 e. The first-order valence-electron chi connectivity index (χ1n) is 4.87. The molecule has 0 saturated heterocycles. The van der Waals surface area contributed by atoms with E-state index in [4.69, 9.17) is 34.8 Å². The summed E-state index contributed by atoms with van der Waals surface area (Å²) >= 11 is 17.6. The summed E-state index contributed by atoms with van der Waals surface area (Å²) in [6, 6.07) is 10.5. The van der Waals surface area contributed by atoms with Gasteiger partial charge in [0, 0.05) is 5.02 Å². The highest BCUT2D eigenvalue weighted by Gasteiger charge is 2.23. The molecule has 0 aliphatic carbocycles. The summed E-state index contributed by atoms with van der Waals surface area (Å²) in [4.78, 5) is -0.0411. The monoisotopic (exact) mass is 320 g/mol. The normalized spacial score (nSPS) is 11.5. The van der Waals surface area contributed by atoms with E-state index in [1.165, 1.54) is 24.3 Å². The Morgan fingerprint density at radius 1 is 0.833 bits per heavy atom. The lowest BCUT2D eigenvalue weighted by atomic mass is 10.4. The molecule has 18 heavy (non-hydrogen) atoms. The van der Waals surface area contributed by atoms with Crippen molar-refractivity contribution in [1.82, 2.24) is 0 Å². The van der Waals surface area contributed by atoms with Crippen LogP contribution >= 0.6 is 34.8 Å². The van der Waals surface area contributed by atoms with Crippen LogP contribution in [0.3, 0.4) is 0 Å². The van der Waals surface area contributed by atoms with Gasteiger partial charge in [0.1, 0.15) is 4.90 Å². The molecular formula is C12H7Cl3O2S. The number of hydrogen-bond acceptors (Lipinski definition) is 2. The minimum absolute atomic E-state index is 0.0602. The molecule has 2 nitrogen and oxygen atoms in total. The molecule has 0 amide bonds. The zero-order valence-corrected chi connectivity index (χ0v) is 12.0. The molecule has 0 fully saturated rings. The minimum atomic E-state index is -3.77. The van der Waals surface area contributed by atoms with Crippen molar-refractivity contribution in [3.05, 3.63) is 57.5 Å². The number of benzene rings is 2. The molecule has 0 unspecified atom stereocenters. The van der Waals surface area contributed by atoms with E-state index in [1.54, 1.807) is 18.2 Å². The summed E-state index contributed by atoms with van der Waals surface area (Å²) in [5.74, 6) is 0. The van der Waals surface area contributed by atoms with Crippen molar-refractivity contribution >= 4 is 44.6 Å². The van der Waals surface area contributed by atoms with Crippen molar-refractivity contribution in [2.75, 3.05) is 0 Å². The molecule has 2 rings (SSSR count). The third-order valence-electron chi connectivity index (χ3n) is 2.29. The van der Waals surface area contributed by atoms with E-state index in [2.05, 4.69) is 0 Å². The maximum Gasteiger partial charge on any atom is 0.209 e. The number of halogens is 3. The smallest absolute Gasteiger partial charge is 0.209 e. The lowest BCUT2D eigenvalue weighted by Crippen LogP contribution is -2.03. The molecule has 0 radical (unpaired) electrons. The molecule has 0 aliphatic rings. The summed E-state index contributed by atoms with van der Waals surface area (Å²) in [6.07, 6.45) is 0. The van der Waals surface area contributed by atoms with Gasteiger partial charge in [-0.25, -0.2) is 8.42 Å². The topological polar surface area (TPSA) is 34.1 Å². The highest BCUT2D eigenvalue weighted by Crippen LogP contribution is 2.34. The zero-order valence-electron chi connectivity index (χ0n) is 8.90. The third kappa shape index (κ3) is 2.50. The van der Waals surface area contributed by atoms with Gasteiger partial charge in [-0.15, -0.1) is 0 Å². The predicted molar refractivity (Wildman–Crippen MR) is 73.4 cm³/mol. The maximum atomic E-state index is 12.4. The van der Waals surface area contributed by atoms with Crippen LogP contribution in [0.1, 0.15) is 0 Å². The third-order valence-corrected chi connectivity index (χ3v) is 5.24. The molecule has 0 heterocycles. The summed E-state index contributed by atoms with van der Waals surface area (Å²) in [7, 11) is -3.77. The Kier molecular flexibility index (Phi) is 3.87. The molecule has 0 saturated carbocycles. The van der Waals surface area contributed by atoms with Crippen molar-refractivity contribution in [3.8, 4) is 0 Å². The summed E-state index contributed by atoms with van der Waals surface area (Å²) in [6.45, 7) is 0. The standard InChI is InChI=1S/C12H7Cl3O2S/c13-8-3-1-4-9(7-8)18(16,17)12-10(14)5-2-6-11(12)15/h1-7H. The molecule has 0 bridgehead atoms. The van der Waals surface area contributed by atoms with Crippen LogP contribution in [0.4, 0.5) is 0 Å². The van der Waals surface area contributed by atoms with Crippen molar-refractivity contribution in [3.63, 3.8) is 0 Å². The van der Waals surface area contributed by atoms with Gasteiger partial charge in [0.25, 0.3) is 0 Å². The van der Waals surface area contributed by atoms with E-state index >= 15 is 0 Å². The van der Waals surface area contributed by atoms with E-state index in [0.717, 1.165) is 0 Å². The van der Waals surface area contributed by atoms with Crippen molar-refractivity contribution in [1.29, 1.82) is 0 Å². The Labute approximate surface area is 120 Å². The second kappa shape index (κ2) is 5.10. The molecule has 0 N–H and O–H groups in total. The van der Waals surface area contributed by atoms with Crippen molar-refractivity contribution < 1.29 is 8.42 Å². The van der Waals surface area contributed by atoms with Crippen LogP contribution in [-0.2, 0) is 9.84 Å². The quantitative estimate of drug-likeness (QED) is 0.817. The number of sulfone groups is 1.